The number of hydrogen-bond donors (Lipinski definition) is 2. The van der Waals surface area contributed by atoms with Crippen molar-refractivity contribution < 1.29 is 18.3 Å². The van der Waals surface area contributed by atoms with Gasteiger partial charge in [0.25, 0.3) is 0 Å². The van der Waals surface area contributed by atoms with Crippen molar-refractivity contribution in [2.75, 3.05) is 13.2 Å². The summed E-state index contributed by atoms with van der Waals surface area (Å²) in [7, 11) is 0. The third-order valence-corrected chi connectivity index (χ3v) is 4.06. The molecule has 1 heterocycles. The summed E-state index contributed by atoms with van der Waals surface area (Å²) >= 11 is 1.64. The standard InChI is InChI=1S/C18H23F2N3O2S/c1-3-21-18(23-11-14-7-8-26-12-14)22-10-13-5-6-15(25-17(19)20)16(9-13)24-4-2/h5-9,12,17H,3-4,10-11H2,1-2H3,(H2,21,22,23). The van der Waals surface area contributed by atoms with Crippen LogP contribution in [0.15, 0.2) is 40.0 Å². The van der Waals surface area contributed by atoms with Crippen molar-refractivity contribution in [1.29, 1.82) is 0 Å². The van der Waals surface area contributed by atoms with Gasteiger partial charge in [-0.2, -0.15) is 20.1 Å². The molecule has 1 aromatic carbocycles. The molecule has 0 atom stereocenters. The number of alkyl halides is 2. The van der Waals surface area contributed by atoms with Gasteiger partial charge in [0.05, 0.1) is 13.2 Å². The first-order valence-electron chi connectivity index (χ1n) is 8.36. The number of benzene rings is 1. The largest absolute Gasteiger partial charge is 0.490 e. The van der Waals surface area contributed by atoms with E-state index in [1.54, 1.807) is 30.4 Å². The molecule has 0 saturated carbocycles. The summed E-state index contributed by atoms with van der Waals surface area (Å²) in [5, 5.41) is 10.5. The monoisotopic (exact) mass is 383 g/mol. The highest BCUT2D eigenvalue weighted by atomic mass is 32.1. The number of nitrogens with zero attached hydrogens (tertiary/aromatic N) is 1. The molecule has 0 bridgehead atoms. The molecule has 0 aliphatic heterocycles. The summed E-state index contributed by atoms with van der Waals surface area (Å²) < 4.78 is 34.8. The van der Waals surface area contributed by atoms with Gasteiger partial charge in [-0.25, -0.2) is 4.99 Å². The van der Waals surface area contributed by atoms with E-state index in [2.05, 4.69) is 25.7 Å². The minimum atomic E-state index is -2.89. The molecule has 8 heteroatoms. The van der Waals surface area contributed by atoms with Crippen LogP contribution in [0.4, 0.5) is 8.78 Å². The zero-order valence-electron chi connectivity index (χ0n) is 14.8. The molecule has 0 aliphatic rings. The number of nitrogens with one attached hydrogen (secondary N) is 2. The Bertz CT molecular complexity index is 694. The molecule has 0 unspecified atom stereocenters. The highest BCUT2D eigenvalue weighted by molar-refractivity contribution is 7.07. The molecule has 0 amide bonds. The fourth-order valence-electron chi connectivity index (χ4n) is 2.20. The fraction of sp³-hybridized carbons (Fsp3) is 0.389. The number of rotatable bonds is 9. The zero-order valence-corrected chi connectivity index (χ0v) is 15.6. The molecular formula is C18H23F2N3O2S. The molecule has 0 radical (unpaired) electrons. The van der Waals surface area contributed by atoms with Gasteiger partial charge in [0, 0.05) is 13.1 Å². The lowest BCUT2D eigenvalue weighted by Crippen LogP contribution is -2.36. The summed E-state index contributed by atoms with van der Waals surface area (Å²) in [4.78, 5) is 4.53. The summed E-state index contributed by atoms with van der Waals surface area (Å²) in [5.41, 5.74) is 2.02. The van der Waals surface area contributed by atoms with E-state index in [4.69, 9.17) is 4.74 Å². The van der Waals surface area contributed by atoms with Crippen LogP contribution in [0.1, 0.15) is 25.0 Å². The second kappa shape index (κ2) is 10.6. The van der Waals surface area contributed by atoms with Gasteiger partial charge in [-0.3, -0.25) is 0 Å². The van der Waals surface area contributed by atoms with Crippen molar-refractivity contribution in [3.63, 3.8) is 0 Å². The topological polar surface area (TPSA) is 54.9 Å². The summed E-state index contributed by atoms with van der Waals surface area (Å²) in [6.07, 6.45) is 0. The number of guanidine groups is 1. The van der Waals surface area contributed by atoms with E-state index in [9.17, 15) is 8.78 Å². The lowest BCUT2D eigenvalue weighted by molar-refractivity contribution is -0.0514. The highest BCUT2D eigenvalue weighted by Gasteiger charge is 2.11. The SMILES string of the molecule is CCNC(=NCc1ccsc1)NCc1ccc(OC(F)F)c(OCC)c1. The number of halogens is 2. The number of aliphatic imine (C=N–C) groups is 1. The van der Waals surface area contributed by atoms with Crippen LogP contribution >= 0.6 is 11.3 Å². The molecular weight excluding hydrogens is 360 g/mol. The van der Waals surface area contributed by atoms with Crippen LogP contribution in [-0.4, -0.2) is 25.7 Å². The molecule has 0 spiro atoms. The van der Waals surface area contributed by atoms with E-state index in [1.165, 1.54) is 6.07 Å². The second-order valence-corrected chi connectivity index (χ2v) is 6.05. The number of ether oxygens (including phenoxy) is 2. The van der Waals surface area contributed by atoms with Gasteiger partial charge < -0.3 is 20.1 Å². The Balaban J connectivity index is 2.03. The molecule has 0 fully saturated rings. The predicted molar refractivity (Wildman–Crippen MR) is 100 cm³/mol. The lowest BCUT2D eigenvalue weighted by atomic mass is 10.2. The number of thiophene rings is 1. The van der Waals surface area contributed by atoms with Crippen LogP contribution in [0.25, 0.3) is 0 Å². The van der Waals surface area contributed by atoms with Gasteiger partial charge in [-0.15, -0.1) is 0 Å². The normalized spacial score (nSPS) is 11.5. The molecule has 0 aliphatic carbocycles. The number of hydrogen-bond acceptors (Lipinski definition) is 4. The second-order valence-electron chi connectivity index (χ2n) is 5.27. The smallest absolute Gasteiger partial charge is 0.387 e. The van der Waals surface area contributed by atoms with E-state index < -0.39 is 6.61 Å². The van der Waals surface area contributed by atoms with E-state index in [0.717, 1.165) is 17.7 Å². The molecule has 0 saturated heterocycles. The van der Waals surface area contributed by atoms with Crippen molar-refractivity contribution in [1.82, 2.24) is 10.6 Å². The van der Waals surface area contributed by atoms with Gasteiger partial charge in [-0.05, 0) is 53.9 Å². The van der Waals surface area contributed by atoms with Crippen LogP contribution < -0.4 is 20.1 Å². The van der Waals surface area contributed by atoms with Crippen molar-refractivity contribution >= 4 is 17.3 Å². The fourth-order valence-corrected chi connectivity index (χ4v) is 2.86. The molecule has 2 aromatic rings. The van der Waals surface area contributed by atoms with Crippen LogP contribution in [0.5, 0.6) is 11.5 Å². The molecule has 26 heavy (non-hydrogen) atoms. The van der Waals surface area contributed by atoms with E-state index in [0.29, 0.717) is 31.4 Å². The minimum absolute atomic E-state index is 0.0311. The average Bonchev–Trinajstić information content (AvgIpc) is 3.13. The first-order valence-corrected chi connectivity index (χ1v) is 9.30. The van der Waals surface area contributed by atoms with Crippen molar-refractivity contribution in [3.05, 3.63) is 46.2 Å². The van der Waals surface area contributed by atoms with Gasteiger partial charge in [0.15, 0.2) is 17.5 Å². The Kier molecular flexibility index (Phi) is 8.14. The molecule has 1 aromatic heterocycles. The first-order chi connectivity index (χ1) is 12.6. The Morgan fingerprint density at radius 1 is 1.15 bits per heavy atom. The Hall–Kier alpha value is -2.35. The average molecular weight is 383 g/mol. The Labute approximate surface area is 156 Å². The quantitative estimate of drug-likeness (QED) is 0.508. The third kappa shape index (κ3) is 6.51. The summed E-state index contributed by atoms with van der Waals surface area (Å²) in [6, 6.07) is 6.93. The molecule has 142 valence electrons. The van der Waals surface area contributed by atoms with Gasteiger partial charge in [0.1, 0.15) is 0 Å². The highest BCUT2D eigenvalue weighted by Crippen LogP contribution is 2.29. The van der Waals surface area contributed by atoms with E-state index in [-0.39, 0.29) is 5.75 Å². The zero-order chi connectivity index (χ0) is 18.8. The minimum Gasteiger partial charge on any atom is -0.490 e. The van der Waals surface area contributed by atoms with Crippen LogP contribution in [0.2, 0.25) is 0 Å². The van der Waals surface area contributed by atoms with Gasteiger partial charge >= 0.3 is 6.61 Å². The maximum absolute atomic E-state index is 12.5. The molecule has 5 nitrogen and oxygen atoms in total. The van der Waals surface area contributed by atoms with Crippen molar-refractivity contribution in [2.24, 2.45) is 4.99 Å². The van der Waals surface area contributed by atoms with E-state index in [1.807, 2.05) is 18.4 Å². The maximum Gasteiger partial charge on any atom is 0.387 e. The molecule has 2 N–H and O–H groups in total. The van der Waals surface area contributed by atoms with Crippen LogP contribution in [0, 0.1) is 0 Å². The summed E-state index contributed by atoms with van der Waals surface area (Å²) in [5.74, 6) is 1.01. The maximum atomic E-state index is 12.5. The van der Waals surface area contributed by atoms with Crippen LogP contribution in [0.3, 0.4) is 0 Å². The van der Waals surface area contributed by atoms with E-state index >= 15 is 0 Å². The van der Waals surface area contributed by atoms with Crippen molar-refractivity contribution in [3.8, 4) is 11.5 Å². The van der Waals surface area contributed by atoms with Crippen molar-refractivity contribution in [2.45, 2.75) is 33.5 Å². The Morgan fingerprint density at radius 2 is 2.00 bits per heavy atom. The summed E-state index contributed by atoms with van der Waals surface area (Å²) in [6.45, 7) is 3.06. The van der Waals surface area contributed by atoms with Crippen LogP contribution in [-0.2, 0) is 13.1 Å². The lowest BCUT2D eigenvalue weighted by Gasteiger charge is -2.14. The predicted octanol–water partition coefficient (Wildman–Crippen LogP) is 4.00. The molecule has 2 rings (SSSR count). The third-order valence-electron chi connectivity index (χ3n) is 3.33. The first kappa shape index (κ1) is 20.0. The van der Waals surface area contributed by atoms with Gasteiger partial charge in [-0.1, -0.05) is 6.07 Å². The Morgan fingerprint density at radius 3 is 2.65 bits per heavy atom. The van der Waals surface area contributed by atoms with Gasteiger partial charge in [0.2, 0.25) is 0 Å².